The molecule has 1 aliphatic rings. The van der Waals surface area contributed by atoms with Crippen LogP contribution in [0.5, 0.6) is 17.2 Å². The summed E-state index contributed by atoms with van der Waals surface area (Å²) >= 11 is 0. The van der Waals surface area contributed by atoms with Crippen LogP contribution in [0, 0.1) is 0 Å². The van der Waals surface area contributed by atoms with Crippen LogP contribution in [0.1, 0.15) is 24.0 Å². The van der Waals surface area contributed by atoms with Gasteiger partial charge in [0, 0.05) is 12.2 Å². The maximum atomic E-state index is 12.9. The number of carbonyl (C=O) groups is 1. The van der Waals surface area contributed by atoms with E-state index in [1.165, 1.54) is 0 Å². The molecule has 0 N–H and O–H groups in total. The third-order valence-electron chi connectivity index (χ3n) is 4.69. The molecule has 1 atom stereocenters. The molecule has 0 spiro atoms. The van der Waals surface area contributed by atoms with Gasteiger partial charge in [-0.3, -0.25) is 4.79 Å². The summed E-state index contributed by atoms with van der Waals surface area (Å²) in [6.07, 6.45) is 0.551. The smallest absolute Gasteiger partial charge is 0.234 e. The Labute approximate surface area is 148 Å². The summed E-state index contributed by atoms with van der Waals surface area (Å²) in [5.74, 6) is 1.68. The molecular weight excluding hydrogens is 318 g/mol. The molecule has 2 aromatic rings. The fourth-order valence-corrected chi connectivity index (χ4v) is 3.54. The number of benzene rings is 2. The highest BCUT2D eigenvalue weighted by Crippen LogP contribution is 2.44. The zero-order valence-corrected chi connectivity index (χ0v) is 15.0. The van der Waals surface area contributed by atoms with E-state index in [0.29, 0.717) is 30.2 Å². The molecule has 0 saturated heterocycles. The second-order valence-electron chi connectivity index (χ2n) is 5.89. The predicted molar refractivity (Wildman–Crippen MR) is 97.0 cm³/mol. The van der Waals surface area contributed by atoms with E-state index in [1.807, 2.05) is 48.2 Å². The Balaban J connectivity index is 2.02. The number of fused-ring (bicyclic) bond motifs is 1. The molecule has 0 fully saturated rings. The number of likely N-dealkylation sites (N-methyl/N-ethyl adjacent to an activating group) is 1. The van der Waals surface area contributed by atoms with Crippen molar-refractivity contribution < 1.29 is 19.0 Å². The number of methoxy groups -OCH3 is 3. The number of rotatable bonds is 6. The lowest BCUT2D eigenvalue weighted by Gasteiger charge is -2.18. The van der Waals surface area contributed by atoms with Gasteiger partial charge in [-0.2, -0.15) is 0 Å². The van der Waals surface area contributed by atoms with Crippen LogP contribution in [0.4, 0.5) is 5.69 Å². The molecule has 5 nitrogen and oxygen atoms in total. The molecule has 2 aromatic carbocycles. The van der Waals surface area contributed by atoms with Crippen molar-refractivity contribution in [2.24, 2.45) is 0 Å². The largest absolute Gasteiger partial charge is 0.493 e. The first-order valence-electron chi connectivity index (χ1n) is 8.34. The van der Waals surface area contributed by atoms with Crippen molar-refractivity contribution in [1.82, 2.24) is 0 Å². The van der Waals surface area contributed by atoms with E-state index >= 15 is 0 Å². The predicted octanol–water partition coefficient (Wildman–Crippen LogP) is 3.41. The minimum atomic E-state index is -0.219. The molecule has 1 aliphatic heterocycles. The molecule has 25 heavy (non-hydrogen) atoms. The van der Waals surface area contributed by atoms with Crippen LogP contribution in [0.3, 0.4) is 0 Å². The van der Waals surface area contributed by atoms with E-state index in [9.17, 15) is 4.79 Å². The lowest BCUT2D eigenvalue weighted by molar-refractivity contribution is -0.119. The molecule has 3 rings (SSSR count). The Kier molecular flexibility index (Phi) is 4.83. The van der Waals surface area contributed by atoms with Gasteiger partial charge >= 0.3 is 0 Å². The Hall–Kier alpha value is -2.69. The van der Waals surface area contributed by atoms with Gasteiger partial charge in [-0.15, -0.1) is 0 Å². The first-order chi connectivity index (χ1) is 12.2. The molecule has 5 heteroatoms. The topological polar surface area (TPSA) is 48.0 Å². The van der Waals surface area contributed by atoms with Gasteiger partial charge in [0.15, 0.2) is 11.5 Å². The summed E-state index contributed by atoms with van der Waals surface area (Å²) < 4.78 is 16.4. The summed E-state index contributed by atoms with van der Waals surface area (Å²) in [6.45, 7) is 2.66. The van der Waals surface area contributed by atoms with Gasteiger partial charge < -0.3 is 19.1 Å². The van der Waals surface area contributed by atoms with Crippen LogP contribution in [0.15, 0.2) is 36.4 Å². The van der Waals surface area contributed by atoms with Crippen molar-refractivity contribution in [3.8, 4) is 17.2 Å². The standard InChI is InChI=1S/C20H23NO4/c1-5-21-16-9-7-6-8-14(16)15(20(21)22)12-13-10-11-17(23-2)19(25-4)18(13)24-3/h6-11,15H,5,12H2,1-4H3/t15-/m1/s1. The fourth-order valence-electron chi connectivity index (χ4n) is 3.54. The van der Waals surface area contributed by atoms with Crippen molar-refractivity contribution in [2.75, 3.05) is 32.8 Å². The van der Waals surface area contributed by atoms with Crippen LogP contribution in [-0.2, 0) is 11.2 Å². The first kappa shape index (κ1) is 17.1. The van der Waals surface area contributed by atoms with E-state index in [2.05, 4.69) is 0 Å². The van der Waals surface area contributed by atoms with Gasteiger partial charge in [-0.1, -0.05) is 24.3 Å². The Morgan fingerprint density at radius 2 is 1.68 bits per heavy atom. The third-order valence-corrected chi connectivity index (χ3v) is 4.69. The average molecular weight is 341 g/mol. The van der Waals surface area contributed by atoms with Crippen LogP contribution < -0.4 is 19.1 Å². The van der Waals surface area contributed by atoms with E-state index in [0.717, 1.165) is 16.8 Å². The maximum absolute atomic E-state index is 12.9. The minimum Gasteiger partial charge on any atom is -0.493 e. The number of amides is 1. The monoisotopic (exact) mass is 341 g/mol. The van der Waals surface area contributed by atoms with Gasteiger partial charge in [0.05, 0.1) is 27.2 Å². The highest BCUT2D eigenvalue weighted by atomic mass is 16.5. The zero-order chi connectivity index (χ0) is 18.0. The molecule has 0 saturated carbocycles. The number of carbonyl (C=O) groups excluding carboxylic acids is 1. The highest BCUT2D eigenvalue weighted by Gasteiger charge is 2.36. The number of hydrogen-bond acceptors (Lipinski definition) is 4. The van der Waals surface area contributed by atoms with Gasteiger partial charge in [-0.05, 0) is 36.6 Å². The van der Waals surface area contributed by atoms with Crippen molar-refractivity contribution in [3.05, 3.63) is 47.5 Å². The van der Waals surface area contributed by atoms with E-state index in [-0.39, 0.29) is 11.8 Å². The first-order valence-corrected chi connectivity index (χ1v) is 8.34. The molecule has 132 valence electrons. The SMILES string of the molecule is CCN1C(=O)[C@H](Cc2ccc(OC)c(OC)c2OC)c2ccccc21. The number of nitrogens with zero attached hydrogens (tertiary/aromatic N) is 1. The number of hydrogen-bond donors (Lipinski definition) is 0. The third kappa shape index (κ3) is 2.80. The van der Waals surface area contributed by atoms with Gasteiger partial charge in [-0.25, -0.2) is 0 Å². The molecule has 0 bridgehead atoms. The van der Waals surface area contributed by atoms with Gasteiger partial charge in [0.2, 0.25) is 11.7 Å². The minimum absolute atomic E-state index is 0.125. The number of para-hydroxylation sites is 1. The molecular formula is C20H23NO4. The van der Waals surface area contributed by atoms with Crippen molar-refractivity contribution in [3.63, 3.8) is 0 Å². The van der Waals surface area contributed by atoms with Crippen LogP contribution in [0.25, 0.3) is 0 Å². The maximum Gasteiger partial charge on any atom is 0.234 e. The molecule has 0 unspecified atom stereocenters. The number of anilines is 1. The summed E-state index contributed by atoms with van der Waals surface area (Å²) in [7, 11) is 4.77. The molecule has 1 heterocycles. The summed E-state index contributed by atoms with van der Waals surface area (Å²) in [5.41, 5.74) is 2.98. The molecule has 0 radical (unpaired) electrons. The van der Waals surface area contributed by atoms with Crippen molar-refractivity contribution >= 4 is 11.6 Å². The number of ether oxygens (including phenoxy) is 3. The van der Waals surface area contributed by atoms with Gasteiger partial charge in [0.1, 0.15) is 0 Å². The Morgan fingerprint density at radius 3 is 2.32 bits per heavy atom. The molecule has 0 aliphatic carbocycles. The zero-order valence-electron chi connectivity index (χ0n) is 15.0. The highest BCUT2D eigenvalue weighted by molar-refractivity contribution is 6.05. The van der Waals surface area contributed by atoms with Crippen LogP contribution >= 0.6 is 0 Å². The van der Waals surface area contributed by atoms with Crippen LogP contribution in [0.2, 0.25) is 0 Å². The second-order valence-corrected chi connectivity index (χ2v) is 5.89. The van der Waals surface area contributed by atoms with Crippen molar-refractivity contribution in [2.45, 2.75) is 19.3 Å². The van der Waals surface area contributed by atoms with E-state index < -0.39 is 0 Å². The molecule has 1 amide bonds. The fraction of sp³-hybridized carbons (Fsp3) is 0.350. The Morgan fingerprint density at radius 1 is 0.960 bits per heavy atom. The normalized spacial score (nSPS) is 15.9. The van der Waals surface area contributed by atoms with Crippen LogP contribution in [-0.4, -0.2) is 33.8 Å². The summed E-state index contributed by atoms with van der Waals surface area (Å²) in [6, 6.07) is 11.8. The summed E-state index contributed by atoms with van der Waals surface area (Å²) in [5, 5.41) is 0. The van der Waals surface area contributed by atoms with Crippen molar-refractivity contribution in [1.29, 1.82) is 0 Å². The van der Waals surface area contributed by atoms with E-state index in [1.54, 1.807) is 21.3 Å². The average Bonchev–Trinajstić information content (AvgIpc) is 2.92. The molecule has 0 aromatic heterocycles. The quantitative estimate of drug-likeness (QED) is 0.808. The summed E-state index contributed by atoms with van der Waals surface area (Å²) in [4.78, 5) is 14.7. The lowest BCUT2D eigenvalue weighted by atomic mass is 9.92. The van der Waals surface area contributed by atoms with Gasteiger partial charge in [0.25, 0.3) is 0 Å². The second kappa shape index (κ2) is 7.05. The Bertz CT molecular complexity index is 787. The lowest BCUT2D eigenvalue weighted by Crippen LogP contribution is -2.29. The van der Waals surface area contributed by atoms with E-state index in [4.69, 9.17) is 14.2 Å².